The van der Waals surface area contributed by atoms with Gasteiger partial charge in [-0.2, -0.15) is 0 Å². The van der Waals surface area contributed by atoms with Crippen LogP contribution in [0.3, 0.4) is 0 Å². The molecule has 1 aliphatic heterocycles. The second-order valence-electron chi connectivity index (χ2n) is 6.98. The van der Waals surface area contributed by atoms with E-state index in [1.807, 2.05) is 6.92 Å². The highest BCUT2D eigenvalue weighted by Crippen LogP contribution is 2.38. The summed E-state index contributed by atoms with van der Waals surface area (Å²) in [6, 6.07) is 0.252. The van der Waals surface area contributed by atoms with Gasteiger partial charge in [0.05, 0.1) is 0 Å². The summed E-state index contributed by atoms with van der Waals surface area (Å²) in [5.41, 5.74) is 5.50. The molecule has 1 atom stereocenters. The van der Waals surface area contributed by atoms with E-state index in [1.165, 1.54) is 25.7 Å². The molecule has 0 aliphatic carbocycles. The summed E-state index contributed by atoms with van der Waals surface area (Å²) >= 11 is 0. The number of carbonyl (C=O) groups is 1. The number of piperidine rings is 1. The van der Waals surface area contributed by atoms with Gasteiger partial charge in [-0.15, -0.1) is 0 Å². The average Bonchev–Trinajstić information content (AvgIpc) is 2.39. The van der Waals surface area contributed by atoms with E-state index in [9.17, 15) is 4.79 Å². The maximum atomic E-state index is 11.8. The predicted octanol–water partition coefficient (Wildman–Crippen LogP) is 2.13. The molecule has 0 aromatic rings. The lowest BCUT2D eigenvalue weighted by Gasteiger charge is -2.44. The molecule has 0 spiro atoms. The number of hydrogen-bond donors (Lipinski definition) is 2. The van der Waals surface area contributed by atoms with Crippen LogP contribution in [0.25, 0.3) is 0 Å². The molecule has 0 radical (unpaired) electrons. The second kappa shape index (κ2) is 6.90. The minimum absolute atomic E-state index is 0.252. The lowest BCUT2D eigenvalue weighted by Crippen LogP contribution is -2.62. The normalized spacial score (nSPS) is 22.7. The summed E-state index contributed by atoms with van der Waals surface area (Å²) in [4.78, 5) is 14.2. The Balaban J connectivity index is 2.63. The highest BCUT2D eigenvalue weighted by atomic mass is 16.1. The summed E-state index contributed by atoms with van der Waals surface area (Å²) in [5, 5.41) is 3.34. The number of nitrogens with one attached hydrogen (secondary N) is 1. The van der Waals surface area contributed by atoms with Crippen LogP contribution in [0, 0.1) is 5.41 Å². The van der Waals surface area contributed by atoms with Gasteiger partial charge >= 0.3 is 0 Å². The summed E-state index contributed by atoms with van der Waals surface area (Å²) < 4.78 is 0. The molecule has 4 nitrogen and oxygen atoms in total. The SMILES string of the molecule is CCC1(CC)CCN(CC(C)(NC(C)C)C(N)=O)CC1. The Bertz CT molecular complexity index is 316. The maximum Gasteiger partial charge on any atom is 0.238 e. The fourth-order valence-corrected chi connectivity index (χ4v) is 3.42. The number of hydrogen-bond acceptors (Lipinski definition) is 3. The van der Waals surface area contributed by atoms with Gasteiger partial charge in [-0.25, -0.2) is 0 Å². The number of nitrogens with zero attached hydrogens (tertiary/aromatic N) is 1. The van der Waals surface area contributed by atoms with Gasteiger partial charge in [0, 0.05) is 12.6 Å². The van der Waals surface area contributed by atoms with Gasteiger partial charge in [-0.05, 0) is 52.1 Å². The van der Waals surface area contributed by atoms with E-state index in [0.717, 1.165) is 13.1 Å². The van der Waals surface area contributed by atoms with E-state index in [-0.39, 0.29) is 11.9 Å². The zero-order chi connectivity index (χ0) is 15.4. The lowest BCUT2D eigenvalue weighted by atomic mass is 9.74. The van der Waals surface area contributed by atoms with E-state index in [4.69, 9.17) is 5.73 Å². The van der Waals surface area contributed by atoms with Crippen molar-refractivity contribution in [3.63, 3.8) is 0 Å². The van der Waals surface area contributed by atoms with Gasteiger partial charge in [0.25, 0.3) is 0 Å². The Kier molecular flexibility index (Phi) is 6.02. The Hall–Kier alpha value is -0.610. The molecule has 1 rings (SSSR count). The molecular formula is C16H33N3O. The van der Waals surface area contributed by atoms with Crippen molar-refractivity contribution in [3.05, 3.63) is 0 Å². The van der Waals surface area contributed by atoms with Crippen molar-refractivity contribution in [2.45, 2.75) is 71.9 Å². The van der Waals surface area contributed by atoms with Crippen molar-refractivity contribution in [2.24, 2.45) is 11.1 Å². The predicted molar refractivity (Wildman–Crippen MR) is 84.6 cm³/mol. The van der Waals surface area contributed by atoms with Crippen molar-refractivity contribution in [1.82, 2.24) is 10.2 Å². The zero-order valence-corrected chi connectivity index (χ0v) is 14.0. The van der Waals surface area contributed by atoms with Crippen LogP contribution in [0.4, 0.5) is 0 Å². The zero-order valence-electron chi connectivity index (χ0n) is 14.0. The van der Waals surface area contributed by atoms with E-state index < -0.39 is 5.54 Å². The number of amides is 1. The number of rotatable bonds is 7. The molecule has 1 aliphatic rings. The minimum Gasteiger partial charge on any atom is -0.368 e. The Morgan fingerprint density at radius 1 is 1.30 bits per heavy atom. The second-order valence-corrected chi connectivity index (χ2v) is 6.98. The molecule has 3 N–H and O–H groups in total. The van der Waals surface area contributed by atoms with Gasteiger partial charge in [0.2, 0.25) is 5.91 Å². The topological polar surface area (TPSA) is 58.4 Å². The monoisotopic (exact) mass is 283 g/mol. The fraction of sp³-hybridized carbons (Fsp3) is 0.938. The van der Waals surface area contributed by atoms with Crippen LogP contribution in [0.15, 0.2) is 0 Å². The first-order valence-electron chi connectivity index (χ1n) is 8.07. The van der Waals surface area contributed by atoms with Gasteiger partial charge < -0.3 is 16.0 Å². The molecule has 118 valence electrons. The Labute approximate surface area is 124 Å². The largest absolute Gasteiger partial charge is 0.368 e. The third kappa shape index (κ3) is 4.19. The van der Waals surface area contributed by atoms with Crippen molar-refractivity contribution in [1.29, 1.82) is 0 Å². The number of carbonyl (C=O) groups excluding carboxylic acids is 1. The quantitative estimate of drug-likeness (QED) is 0.752. The fourth-order valence-electron chi connectivity index (χ4n) is 3.42. The van der Waals surface area contributed by atoms with Crippen LogP contribution in [0.1, 0.15) is 60.3 Å². The van der Waals surface area contributed by atoms with Gasteiger partial charge in [0.1, 0.15) is 5.54 Å². The molecule has 0 aromatic heterocycles. The van der Waals surface area contributed by atoms with Crippen LogP contribution >= 0.6 is 0 Å². The van der Waals surface area contributed by atoms with Crippen molar-refractivity contribution < 1.29 is 4.79 Å². The lowest BCUT2D eigenvalue weighted by molar-refractivity contribution is -0.125. The first kappa shape index (κ1) is 17.4. The summed E-state index contributed by atoms with van der Waals surface area (Å²) in [6.45, 7) is 13.5. The van der Waals surface area contributed by atoms with Gasteiger partial charge in [-0.3, -0.25) is 4.79 Å². The molecule has 1 fully saturated rings. The summed E-state index contributed by atoms with van der Waals surface area (Å²) in [6.07, 6.45) is 4.98. The maximum absolute atomic E-state index is 11.8. The van der Waals surface area contributed by atoms with Crippen LogP contribution in [-0.2, 0) is 4.79 Å². The first-order chi connectivity index (χ1) is 9.27. The van der Waals surface area contributed by atoms with Gasteiger partial charge in [0.15, 0.2) is 0 Å². The van der Waals surface area contributed by atoms with Crippen LogP contribution in [-0.4, -0.2) is 42.0 Å². The van der Waals surface area contributed by atoms with Crippen molar-refractivity contribution in [3.8, 4) is 0 Å². The van der Waals surface area contributed by atoms with Gasteiger partial charge in [-0.1, -0.05) is 26.7 Å². The average molecular weight is 283 g/mol. The number of likely N-dealkylation sites (tertiary alicyclic amines) is 1. The molecule has 1 heterocycles. The highest BCUT2D eigenvalue weighted by molar-refractivity contribution is 5.84. The number of primary amides is 1. The third-order valence-corrected chi connectivity index (χ3v) is 5.11. The number of nitrogens with two attached hydrogens (primary N) is 1. The Morgan fingerprint density at radius 2 is 1.80 bits per heavy atom. The van der Waals surface area contributed by atoms with Crippen LogP contribution < -0.4 is 11.1 Å². The van der Waals surface area contributed by atoms with Crippen molar-refractivity contribution in [2.75, 3.05) is 19.6 Å². The molecule has 0 bridgehead atoms. The summed E-state index contributed by atoms with van der Waals surface area (Å²) in [7, 11) is 0. The molecule has 1 amide bonds. The summed E-state index contributed by atoms with van der Waals surface area (Å²) in [5.74, 6) is -0.256. The molecule has 1 saturated heterocycles. The van der Waals surface area contributed by atoms with Crippen molar-refractivity contribution >= 4 is 5.91 Å². The molecule has 0 saturated carbocycles. The van der Waals surface area contributed by atoms with E-state index in [2.05, 4.69) is 37.9 Å². The highest BCUT2D eigenvalue weighted by Gasteiger charge is 2.37. The molecule has 1 unspecified atom stereocenters. The molecule has 4 heteroatoms. The van der Waals surface area contributed by atoms with E-state index in [1.54, 1.807) is 0 Å². The minimum atomic E-state index is -0.632. The van der Waals surface area contributed by atoms with E-state index >= 15 is 0 Å². The Morgan fingerprint density at radius 3 is 2.15 bits per heavy atom. The smallest absolute Gasteiger partial charge is 0.238 e. The standard InChI is InChI=1S/C16H33N3O/c1-6-16(7-2)8-10-19(11-9-16)12-15(5,14(17)20)18-13(3)4/h13,18H,6-12H2,1-5H3,(H2,17,20). The molecule has 0 aromatic carbocycles. The van der Waals surface area contributed by atoms with Crippen LogP contribution in [0.5, 0.6) is 0 Å². The van der Waals surface area contributed by atoms with Crippen LogP contribution in [0.2, 0.25) is 0 Å². The molecule has 20 heavy (non-hydrogen) atoms. The molecular weight excluding hydrogens is 250 g/mol. The van der Waals surface area contributed by atoms with E-state index in [0.29, 0.717) is 12.0 Å². The first-order valence-corrected chi connectivity index (χ1v) is 8.07. The third-order valence-electron chi connectivity index (χ3n) is 5.11.